The second-order valence-electron chi connectivity index (χ2n) is 3.99. The molecule has 70 valence electrons. The first-order chi connectivity index (χ1) is 5.92. The Kier molecular flexibility index (Phi) is 2.66. The Morgan fingerprint density at radius 2 is 2.33 bits per heavy atom. The Morgan fingerprint density at radius 3 is 3.17 bits per heavy atom. The van der Waals surface area contributed by atoms with Crippen molar-refractivity contribution in [1.29, 1.82) is 0 Å². The Hall–Kier alpha value is -0.0800. The van der Waals surface area contributed by atoms with Crippen molar-refractivity contribution in [3.8, 4) is 0 Å². The summed E-state index contributed by atoms with van der Waals surface area (Å²) in [5.41, 5.74) is 0. The molecular formula is C10H19NO. The third-order valence-corrected chi connectivity index (χ3v) is 3.31. The van der Waals surface area contributed by atoms with Crippen molar-refractivity contribution in [2.45, 2.75) is 44.8 Å². The fourth-order valence-electron chi connectivity index (χ4n) is 2.62. The van der Waals surface area contributed by atoms with Gasteiger partial charge >= 0.3 is 0 Å². The molecule has 2 nitrogen and oxygen atoms in total. The number of nitrogens with one attached hydrogen (secondary N) is 1. The van der Waals surface area contributed by atoms with E-state index in [1.807, 2.05) is 0 Å². The Balaban J connectivity index is 1.99. The van der Waals surface area contributed by atoms with Crippen molar-refractivity contribution in [2.24, 2.45) is 5.92 Å². The molecule has 0 spiro atoms. The molecule has 1 saturated carbocycles. The summed E-state index contributed by atoms with van der Waals surface area (Å²) in [7, 11) is 0. The predicted molar refractivity (Wildman–Crippen MR) is 49.2 cm³/mol. The fraction of sp³-hybridized carbons (Fsp3) is 1.00. The van der Waals surface area contributed by atoms with E-state index >= 15 is 0 Å². The molecule has 1 aliphatic heterocycles. The smallest absolute Gasteiger partial charge is 0.0731 e. The molecule has 0 amide bonds. The standard InChI is InChI=1S/C10H19NO/c1-2-8-4-3-5-9-10(8)11-6-7-12-9/h8-11H,2-7H2,1H3/t8?,9-,10+/m0/s1. The highest BCUT2D eigenvalue weighted by molar-refractivity contribution is 4.89. The van der Waals surface area contributed by atoms with E-state index in [1.165, 1.54) is 25.7 Å². The summed E-state index contributed by atoms with van der Waals surface area (Å²) in [6, 6.07) is 0.664. The van der Waals surface area contributed by atoms with Gasteiger partial charge in [0.25, 0.3) is 0 Å². The summed E-state index contributed by atoms with van der Waals surface area (Å²) < 4.78 is 5.75. The SMILES string of the molecule is CCC1CCC[C@@H]2OCCN[C@H]12. The van der Waals surface area contributed by atoms with E-state index in [0.29, 0.717) is 12.1 Å². The maximum Gasteiger partial charge on any atom is 0.0731 e. The van der Waals surface area contributed by atoms with Crippen molar-refractivity contribution in [3.05, 3.63) is 0 Å². The molecule has 1 unspecified atom stereocenters. The van der Waals surface area contributed by atoms with E-state index in [1.54, 1.807) is 0 Å². The van der Waals surface area contributed by atoms with E-state index in [4.69, 9.17) is 4.74 Å². The summed E-state index contributed by atoms with van der Waals surface area (Å²) in [5.74, 6) is 0.865. The summed E-state index contributed by atoms with van der Waals surface area (Å²) in [5, 5.41) is 3.60. The molecule has 0 bridgehead atoms. The second-order valence-corrected chi connectivity index (χ2v) is 3.99. The van der Waals surface area contributed by atoms with E-state index in [2.05, 4.69) is 12.2 Å². The zero-order valence-electron chi connectivity index (χ0n) is 7.88. The number of hydrogen-bond donors (Lipinski definition) is 1. The van der Waals surface area contributed by atoms with E-state index in [9.17, 15) is 0 Å². The Morgan fingerprint density at radius 1 is 1.42 bits per heavy atom. The van der Waals surface area contributed by atoms with Crippen molar-refractivity contribution in [3.63, 3.8) is 0 Å². The molecule has 1 aliphatic carbocycles. The van der Waals surface area contributed by atoms with Gasteiger partial charge in [-0.05, 0) is 18.8 Å². The van der Waals surface area contributed by atoms with Crippen LogP contribution in [0.4, 0.5) is 0 Å². The summed E-state index contributed by atoms with van der Waals surface area (Å²) >= 11 is 0. The van der Waals surface area contributed by atoms with Gasteiger partial charge in [0.15, 0.2) is 0 Å². The lowest BCUT2D eigenvalue weighted by atomic mass is 9.80. The van der Waals surface area contributed by atoms with E-state index < -0.39 is 0 Å². The van der Waals surface area contributed by atoms with Crippen molar-refractivity contribution < 1.29 is 4.74 Å². The molecule has 12 heavy (non-hydrogen) atoms. The quantitative estimate of drug-likeness (QED) is 0.643. The van der Waals surface area contributed by atoms with Gasteiger partial charge < -0.3 is 10.1 Å². The zero-order valence-corrected chi connectivity index (χ0v) is 7.88. The van der Waals surface area contributed by atoms with Gasteiger partial charge in [-0.15, -0.1) is 0 Å². The topological polar surface area (TPSA) is 21.3 Å². The summed E-state index contributed by atoms with van der Waals surface area (Å²) in [4.78, 5) is 0. The van der Waals surface area contributed by atoms with Crippen LogP contribution in [-0.2, 0) is 4.74 Å². The molecule has 2 aliphatic rings. The molecule has 3 atom stereocenters. The largest absolute Gasteiger partial charge is 0.375 e. The molecule has 0 aromatic carbocycles. The van der Waals surface area contributed by atoms with Gasteiger partial charge in [-0.25, -0.2) is 0 Å². The van der Waals surface area contributed by atoms with Gasteiger partial charge in [0, 0.05) is 12.6 Å². The van der Waals surface area contributed by atoms with Crippen molar-refractivity contribution in [1.82, 2.24) is 5.32 Å². The lowest BCUT2D eigenvalue weighted by Crippen LogP contribution is -2.54. The van der Waals surface area contributed by atoms with Gasteiger partial charge in [0.1, 0.15) is 0 Å². The molecule has 2 rings (SSSR count). The zero-order chi connectivity index (χ0) is 8.39. The molecule has 0 radical (unpaired) electrons. The highest BCUT2D eigenvalue weighted by Crippen LogP contribution is 2.30. The molecule has 1 N–H and O–H groups in total. The van der Waals surface area contributed by atoms with Gasteiger partial charge in [-0.1, -0.05) is 19.8 Å². The lowest BCUT2D eigenvalue weighted by Gasteiger charge is -2.41. The van der Waals surface area contributed by atoms with Gasteiger partial charge in [0.05, 0.1) is 12.7 Å². The van der Waals surface area contributed by atoms with Crippen molar-refractivity contribution in [2.75, 3.05) is 13.2 Å². The molecule has 0 aromatic heterocycles. The maximum atomic E-state index is 5.75. The first-order valence-electron chi connectivity index (χ1n) is 5.27. The Bertz CT molecular complexity index is 140. The van der Waals surface area contributed by atoms with Crippen LogP contribution in [-0.4, -0.2) is 25.3 Å². The maximum absolute atomic E-state index is 5.75. The minimum Gasteiger partial charge on any atom is -0.375 e. The highest BCUT2D eigenvalue weighted by Gasteiger charge is 2.34. The predicted octanol–water partition coefficient (Wildman–Crippen LogP) is 1.55. The number of fused-ring (bicyclic) bond motifs is 1. The number of morpholine rings is 1. The van der Waals surface area contributed by atoms with Crippen LogP contribution in [0.15, 0.2) is 0 Å². The van der Waals surface area contributed by atoms with Crippen LogP contribution >= 0.6 is 0 Å². The molecule has 2 heteroatoms. The molecule has 1 saturated heterocycles. The van der Waals surface area contributed by atoms with E-state index in [0.717, 1.165) is 19.1 Å². The minimum atomic E-state index is 0.525. The average Bonchev–Trinajstić information content (AvgIpc) is 2.17. The third-order valence-electron chi connectivity index (χ3n) is 3.31. The van der Waals surface area contributed by atoms with Crippen LogP contribution in [0, 0.1) is 5.92 Å². The summed E-state index contributed by atoms with van der Waals surface area (Å²) in [6.07, 6.45) is 5.86. The summed E-state index contributed by atoms with van der Waals surface area (Å²) in [6.45, 7) is 4.26. The molecular weight excluding hydrogens is 150 g/mol. The van der Waals surface area contributed by atoms with Crippen LogP contribution in [0.5, 0.6) is 0 Å². The second kappa shape index (κ2) is 3.75. The third kappa shape index (κ3) is 1.50. The molecule has 0 aromatic rings. The van der Waals surface area contributed by atoms with Crippen molar-refractivity contribution >= 4 is 0 Å². The van der Waals surface area contributed by atoms with Crippen LogP contribution in [0.2, 0.25) is 0 Å². The van der Waals surface area contributed by atoms with Crippen LogP contribution < -0.4 is 5.32 Å². The highest BCUT2D eigenvalue weighted by atomic mass is 16.5. The minimum absolute atomic E-state index is 0.525. The molecule has 1 heterocycles. The monoisotopic (exact) mass is 169 g/mol. The normalized spacial score (nSPS) is 42.2. The fourth-order valence-corrected chi connectivity index (χ4v) is 2.62. The first kappa shape index (κ1) is 8.52. The molecule has 2 fully saturated rings. The van der Waals surface area contributed by atoms with Gasteiger partial charge in [-0.3, -0.25) is 0 Å². The van der Waals surface area contributed by atoms with Gasteiger partial charge in [0.2, 0.25) is 0 Å². The van der Waals surface area contributed by atoms with Crippen LogP contribution in [0.25, 0.3) is 0 Å². The Labute approximate surface area is 74.7 Å². The number of ether oxygens (including phenoxy) is 1. The van der Waals surface area contributed by atoms with Crippen LogP contribution in [0.1, 0.15) is 32.6 Å². The van der Waals surface area contributed by atoms with Crippen LogP contribution in [0.3, 0.4) is 0 Å². The first-order valence-corrected chi connectivity index (χ1v) is 5.27. The van der Waals surface area contributed by atoms with E-state index in [-0.39, 0.29) is 0 Å². The number of hydrogen-bond acceptors (Lipinski definition) is 2. The number of rotatable bonds is 1. The average molecular weight is 169 g/mol. The van der Waals surface area contributed by atoms with Gasteiger partial charge in [-0.2, -0.15) is 0 Å². The lowest BCUT2D eigenvalue weighted by molar-refractivity contribution is -0.0437.